The van der Waals surface area contributed by atoms with Crippen molar-refractivity contribution in [3.63, 3.8) is 0 Å². The van der Waals surface area contributed by atoms with E-state index in [0.717, 1.165) is 0 Å². The summed E-state index contributed by atoms with van der Waals surface area (Å²) < 4.78 is 1.90. The molecule has 7 nitrogen and oxygen atoms in total. The van der Waals surface area contributed by atoms with E-state index in [9.17, 15) is 9.59 Å². The number of amides is 3. The Morgan fingerprint density at radius 1 is 1.36 bits per heavy atom. The second-order valence-electron chi connectivity index (χ2n) is 6.42. The molecule has 0 aliphatic rings. The molecule has 0 saturated carbocycles. The van der Waals surface area contributed by atoms with Gasteiger partial charge in [-0.3, -0.25) is 4.79 Å². The molecule has 22 heavy (non-hydrogen) atoms. The minimum atomic E-state index is -0.304. The zero-order valence-corrected chi connectivity index (χ0v) is 14.1. The molecule has 0 aliphatic carbocycles. The fourth-order valence-electron chi connectivity index (χ4n) is 2.02. The standard InChI is InChI=1S/C15H27N5O2/c1-6-20(10-13(21)18-15(3,4)5)14(22)17-12(2)9-19-8-7-16-11-19/h7-8,11-12H,6,9-10H2,1-5H3,(H,17,22)(H,18,21)/t12-/m1/s1. The molecule has 1 aromatic heterocycles. The van der Waals surface area contributed by atoms with E-state index < -0.39 is 0 Å². The summed E-state index contributed by atoms with van der Waals surface area (Å²) in [6.45, 7) is 10.7. The van der Waals surface area contributed by atoms with Crippen molar-refractivity contribution in [2.75, 3.05) is 13.1 Å². The lowest BCUT2D eigenvalue weighted by Gasteiger charge is -2.26. The van der Waals surface area contributed by atoms with Crippen molar-refractivity contribution in [1.82, 2.24) is 25.1 Å². The lowest BCUT2D eigenvalue weighted by molar-refractivity contribution is -0.123. The number of aromatic nitrogens is 2. The topological polar surface area (TPSA) is 79.3 Å². The summed E-state index contributed by atoms with van der Waals surface area (Å²) >= 11 is 0. The van der Waals surface area contributed by atoms with Crippen LogP contribution in [-0.4, -0.2) is 51.1 Å². The van der Waals surface area contributed by atoms with Gasteiger partial charge >= 0.3 is 6.03 Å². The first kappa shape index (κ1) is 18.0. The summed E-state index contributed by atoms with van der Waals surface area (Å²) in [7, 11) is 0. The van der Waals surface area contributed by atoms with E-state index in [2.05, 4.69) is 15.6 Å². The van der Waals surface area contributed by atoms with Gasteiger partial charge in [-0.2, -0.15) is 0 Å². The highest BCUT2D eigenvalue weighted by molar-refractivity contribution is 5.84. The Labute approximate surface area is 132 Å². The molecule has 1 rings (SSSR count). The van der Waals surface area contributed by atoms with Crippen molar-refractivity contribution in [2.45, 2.75) is 52.7 Å². The van der Waals surface area contributed by atoms with Gasteiger partial charge in [0.05, 0.1) is 6.33 Å². The summed E-state index contributed by atoms with van der Waals surface area (Å²) in [5, 5.41) is 5.75. The van der Waals surface area contributed by atoms with Gasteiger partial charge in [0, 0.05) is 37.1 Å². The SMILES string of the molecule is CCN(CC(=O)NC(C)(C)C)C(=O)N[C@H](C)Cn1ccnc1. The Balaban J connectivity index is 2.48. The van der Waals surface area contributed by atoms with Gasteiger partial charge in [-0.25, -0.2) is 9.78 Å². The Morgan fingerprint density at radius 2 is 2.05 bits per heavy atom. The molecule has 2 N–H and O–H groups in total. The van der Waals surface area contributed by atoms with E-state index in [1.165, 1.54) is 4.90 Å². The van der Waals surface area contributed by atoms with Gasteiger partial charge in [0.2, 0.25) is 5.91 Å². The van der Waals surface area contributed by atoms with Gasteiger partial charge in [-0.15, -0.1) is 0 Å². The molecular weight excluding hydrogens is 282 g/mol. The van der Waals surface area contributed by atoms with E-state index >= 15 is 0 Å². The summed E-state index contributed by atoms with van der Waals surface area (Å²) in [6.07, 6.45) is 5.25. The van der Waals surface area contributed by atoms with Crippen LogP contribution in [0.25, 0.3) is 0 Å². The molecule has 0 fully saturated rings. The van der Waals surface area contributed by atoms with Crippen LogP contribution in [0.1, 0.15) is 34.6 Å². The third-order valence-electron chi connectivity index (χ3n) is 2.93. The maximum Gasteiger partial charge on any atom is 0.318 e. The average molecular weight is 309 g/mol. The first-order valence-corrected chi connectivity index (χ1v) is 7.53. The molecule has 1 heterocycles. The lowest BCUT2D eigenvalue weighted by atomic mass is 10.1. The van der Waals surface area contributed by atoms with Crippen molar-refractivity contribution in [1.29, 1.82) is 0 Å². The molecule has 1 atom stereocenters. The van der Waals surface area contributed by atoms with E-state index in [-0.39, 0.29) is 30.1 Å². The van der Waals surface area contributed by atoms with Gasteiger partial charge in [-0.05, 0) is 34.6 Å². The molecule has 3 amide bonds. The summed E-state index contributed by atoms with van der Waals surface area (Å²) in [6, 6.07) is -0.291. The van der Waals surface area contributed by atoms with Gasteiger partial charge in [0.15, 0.2) is 0 Å². The van der Waals surface area contributed by atoms with Crippen molar-refractivity contribution < 1.29 is 9.59 Å². The van der Waals surface area contributed by atoms with Gasteiger partial charge in [-0.1, -0.05) is 0 Å². The number of rotatable bonds is 6. The van der Waals surface area contributed by atoms with E-state index in [1.807, 2.05) is 45.4 Å². The van der Waals surface area contributed by atoms with E-state index in [4.69, 9.17) is 0 Å². The summed E-state index contributed by atoms with van der Waals surface area (Å²) in [5.41, 5.74) is -0.304. The molecule has 1 aromatic rings. The predicted molar refractivity (Wildman–Crippen MR) is 85.4 cm³/mol. The van der Waals surface area contributed by atoms with Crippen LogP contribution in [0.3, 0.4) is 0 Å². The van der Waals surface area contributed by atoms with Crippen LogP contribution in [-0.2, 0) is 11.3 Å². The Bertz CT molecular complexity index is 479. The smallest absolute Gasteiger partial charge is 0.318 e. The van der Waals surface area contributed by atoms with Crippen LogP contribution >= 0.6 is 0 Å². The quantitative estimate of drug-likeness (QED) is 0.829. The molecule has 0 bridgehead atoms. The molecule has 0 radical (unpaired) electrons. The number of nitrogens with zero attached hydrogens (tertiary/aromatic N) is 3. The number of carbonyl (C=O) groups excluding carboxylic acids is 2. The lowest BCUT2D eigenvalue weighted by Crippen LogP contribution is -2.51. The number of urea groups is 1. The number of hydrogen-bond acceptors (Lipinski definition) is 3. The number of likely N-dealkylation sites (N-methyl/N-ethyl adjacent to an activating group) is 1. The van der Waals surface area contributed by atoms with Crippen molar-refractivity contribution in [2.24, 2.45) is 0 Å². The van der Waals surface area contributed by atoms with Crippen LogP contribution in [0.2, 0.25) is 0 Å². The average Bonchev–Trinajstić information content (AvgIpc) is 2.86. The number of nitrogens with one attached hydrogen (secondary N) is 2. The first-order chi connectivity index (χ1) is 10.2. The van der Waals surface area contributed by atoms with E-state index in [1.54, 1.807) is 12.5 Å². The normalized spacial score (nSPS) is 12.6. The highest BCUT2D eigenvalue weighted by Crippen LogP contribution is 2.00. The molecule has 7 heteroatoms. The first-order valence-electron chi connectivity index (χ1n) is 7.53. The monoisotopic (exact) mass is 309 g/mol. The largest absolute Gasteiger partial charge is 0.350 e. The number of hydrogen-bond donors (Lipinski definition) is 2. The van der Waals surface area contributed by atoms with Crippen LogP contribution < -0.4 is 10.6 Å². The molecule has 0 aromatic carbocycles. The van der Waals surface area contributed by atoms with Crippen LogP contribution in [0.5, 0.6) is 0 Å². The molecule has 0 saturated heterocycles. The summed E-state index contributed by atoms with van der Waals surface area (Å²) in [5.74, 6) is -0.160. The van der Waals surface area contributed by atoms with Gasteiger partial charge < -0.3 is 20.1 Å². The Kier molecular flexibility index (Phi) is 6.39. The van der Waals surface area contributed by atoms with E-state index in [0.29, 0.717) is 13.1 Å². The zero-order valence-electron chi connectivity index (χ0n) is 14.1. The van der Waals surface area contributed by atoms with Gasteiger partial charge in [0.1, 0.15) is 6.54 Å². The highest BCUT2D eigenvalue weighted by atomic mass is 16.2. The predicted octanol–water partition coefficient (Wildman–Crippen LogP) is 1.22. The fraction of sp³-hybridized carbons (Fsp3) is 0.667. The maximum absolute atomic E-state index is 12.2. The third-order valence-corrected chi connectivity index (χ3v) is 2.93. The number of imidazole rings is 1. The van der Waals surface area contributed by atoms with Crippen molar-refractivity contribution >= 4 is 11.9 Å². The summed E-state index contributed by atoms with van der Waals surface area (Å²) in [4.78, 5) is 29.6. The molecule has 0 unspecified atom stereocenters. The Hall–Kier alpha value is -2.05. The number of carbonyl (C=O) groups is 2. The second kappa shape index (κ2) is 7.82. The van der Waals surface area contributed by atoms with Crippen molar-refractivity contribution in [3.8, 4) is 0 Å². The minimum Gasteiger partial charge on any atom is -0.350 e. The van der Waals surface area contributed by atoms with Gasteiger partial charge in [0.25, 0.3) is 0 Å². The van der Waals surface area contributed by atoms with Crippen LogP contribution in [0, 0.1) is 0 Å². The van der Waals surface area contributed by atoms with Crippen LogP contribution in [0.15, 0.2) is 18.7 Å². The Morgan fingerprint density at radius 3 is 2.55 bits per heavy atom. The molecular formula is C15H27N5O2. The molecule has 0 aliphatic heterocycles. The maximum atomic E-state index is 12.2. The molecule has 124 valence electrons. The van der Waals surface area contributed by atoms with Crippen molar-refractivity contribution in [3.05, 3.63) is 18.7 Å². The third kappa shape index (κ3) is 6.60. The minimum absolute atomic E-state index is 0.0530. The highest BCUT2D eigenvalue weighted by Gasteiger charge is 2.20. The fourth-order valence-corrected chi connectivity index (χ4v) is 2.02. The molecule has 0 spiro atoms. The van der Waals surface area contributed by atoms with Crippen LogP contribution in [0.4, 0.5) is 4.79 Å². The second-order valence-corrected chi connectivity index (χ2v) is 6.42. The zero-order chi connectivity index (χ0) is 16.8.